The number of unbranched alkanes of at least 4 members (excludes halogenated alkanes) is 47. The minimum absolute atomic E-state index is 0.107. The second kappa shape index (κ2) is 71.3. The van der Waals surface area contributed by atoms with E-state index in [2.05, 4.69) is 48.5 Å². The molecular formula is C81H158O17P2. The summed E-state index contributed by atoms with van der Waals surface area (Å²) in [5.74, 6) is 0.262. The van der Waals surface area contributed by atoms with Gasteiger partial charge in [0.05, 0.1) is 26.4 Å². The first kappa shape index (κ1) is 98.1. The van der Waals surface area contributed by atoms with Crippen LogP contribution in [0.25, 0.3) is 0 Å². The van der Waals surface area contributed by atoms with Crippen LogP contribution in [0.15, 0.2) is 0 Å². The Morgan fingerprint density at radius 3 is 0.680 bits per heavy atom. The quantitative estimate of drug-likeness (QED) is 0.0222. The Morgan fingerprint density at radius 1 is 0.270 bits per heavy atom. The van der Waals surface area contributed by atoms with E-state index in [9.17, 15) is 43.2 Å². The van der Waals surface area contributed by atoms with Crippen molar-refractivity contribution in [3.8, 4) is 0 Å². The smallest absolute Gasteiger partial charge is 0.462 e. The molecule has 0 amide bonds. The Balaban J connectivity index is 5.26. The summed E-state index contributed by atoms with van der Waals surface area (Å²) in [7, 11) is -9.92. The zero-order valence-corrected chi connectivity index (χ0v) is 67.5. The third-order valence-electron chi connectivity index (χ3n) is 18.9. The molecule has 0 heterocycles. The van der Waals surface area contributed by atoms with Crippen LogP contribution in [0.4, 0.5) is 0 Å². The molecule has 5 atom stereocenters. The van der Waals surface area contributed by atoms with Gasteiger partial charge in [-0.15, -0.1) is 0 Å². The molecular weight excluding hydrogens is 1310 g/mol. The highest BCUT2D eigenvalue weighted by molar-refractivity contribution is 7.47. The van der Waals surface area contributed by atoms with Gasteiger partial charge in [0.2, 0.25) is 0 Å². The first-order chi connectivity index (χ1) is 48.2. The van der Waals surface area contributed by atoms with Gasteiger partial charge in [-0.25, -0.2) is 9.13 Å². The maximum Gasteiger partial charge on any atom is 0.472 e. The van der Waals surface area contributed by atoms with Crippen LogP contribution >= 0.6 is 15.6 Å². The lowest BCUT2D eigenvalue weighted by atomic mass is 10.0. The van der Waals surface area contributed by atoms with Gasteiger partial charge in [0.1, 0.15) is 19.3 Å². The predicted molar refractivity (Wildman–Crippen MR) is 409 cm³/mol. The number of carbonyl (C=O) groups is 4. The van der Waals surface area contributed by atoms with Crippen LogP contribution in [0.2, 0.25) is 0 Å². The Labute approximate surface area is 613 Å². The van der Waals surface area contributed by atoms with Crippen molar-refractivity contribution in [2.45, 2.75) is 439 Å². The van der Waals surface area contributed by atoms with Crippen molar-refractivity contribution in [2.24, 2.45) is 17.8 Å². The van der Waals surface area contributed by atoms with Crippen molar-refractivity contribution < 1.29 is 80.2 Å². The molecule has 0 aromatic carbocycles. The van der Waals surface area contributed by atoms with Crippen LogP contribution in [-0.4, -0.2) is 96.7 Å². The molecule has 594 valence electrons. The predicted octanol–water partition coefficient (Wildman–Crippen LogP) is 24.1. The Morgan fingerprint density at radius 2 is 0.460 bits per heavy atom. The number of aliphatic hydroxyl groups excluding tert-OH is 1. The molecule has 100 heavy (non-hydrogen) atoms. The number of rotatable bonds is 79. The van der Waals surface area contributed by atoms with E-state index in [1.165, 1.54) is 231 Å². The summed E-state index contributed by atoms with van der Waals surface area (Å²) < 4.78 is 68.7. The topological polar surface area (TPSA) is 237 Å². The van der Waals surface area contributed by atoms with Gasteiger partial charge in [-0.3, -0.25) is 37.3 Å². The standard InChI is InChI=1S/C81H158O17P2/c1-8-9-10-11-12-13-24-34-41-48-55-62-78(83)91-68-76(98-81(86)65-58-51-44-37-30-23-22-27-33-40-47-54-61-74(6)7)70-95-99(87,88)93-66-75(82)67-94-100(89,90)96-71-77(97-80(85)64-57-50-43-36-29-21-17-15-19-26-32-39-46-53-60-73(4)5)69-92-79(84)63-56-49-42-35-28-20-16-14-18-25-31-38-45-52-59-72(2)3/h72-77,82H,8-71H2,1-7H3,(H,87,88)(H,89,90)/t75-,76+,77+/m0/s1. The lowest BCUT2D eigenvalue weighted by Crippen LogP contribution is -2.30. The van der Waals surface area contributed by atoms with Crippen molar-refractivity contribution in [3.63, 3.8) is 0 Å². The summed E-state index contributed by atoms with van der Waals surface area (Å²) in [5, 5.41) is 10.6. The van der Waals surface area contributed by atoms with Gasteiger partial charge in [-0.1, -0.05) is 370 Å². The van der Waals surface area contributed by atoms with Crippen molar-refractivity contribution >= 4 is 39.5 Å². The lowest BCUT2D eigenvalue weighted by molar-refractivity contribution is -0.161. The molecule has 3 N–H and O–H groups in total. The molecule has 0 spiro atoms. The summed E-state index contributed by atoms with van der Waals surface area (Å²) in [6.07, 6.45) is 59.5. The van der Waals surface area contributed by atoms with E-state index in [1.807, 2.05) is 0 Å². The lowest BCUT2D eigenvalue weighted by Gasteiger charge is -2.21. The maximum absolute atomic E-state index is 13.1. The van der Waals surface area contributed by atoms with Gasteiger partial charge in [-0.05, 0) is 43.4 Å². The first-order valence-corrected chi connectivity index (χ1v) is 44.8. The molecule has 0 saturated carbocycles. The zero-order chi connectivity index (χ0) is 73.7. The van der Waals surface area contributed by atoms with Crippen molar-refractivity contribution in [2.75, 3.05) is 39.6 Å². The molecule has 0 aliphatic rings. The Hall–Kier alpha value is -1.94. The number of hydrogen-bond donors (Lipinski definition) is 3. The van der Waals surface area contributed by atoms with Gasteiger partial charge in [-0.2, -0.15) is 0 Å². The highest BCUT2D eigenvalue weighted by Gasteiger charge is 2.30. The number of esters is 4. The molecule has 19 heteroatoms. The zero-order valence-electron chi connectivity index (χ0n) is 65.7. The van der Waals surface area contributed by atoms with Crippen LogP contribution < -0.4 is 0 Å². The van der Waals surface area contributed by atoms with Gasteiger partial charge in [0.15, 0.2) is 12.2 Å². The number of hydrogen-bond acceptors (Lipinski definition) is 15. The molecule has 0 aromatic heterocycles. The van der Waals surface area contributed by atoms with Crippen LogP contribution in [0.3, 0.4) is 0 Å². The molecule has 0 fully saturated rings. The van der Waals surface area contributed by atoms with Gasteiger partial charge in [0.25, 0.3) is 0 Å². The molecule has 0 aliphatic heterocycles. The second-order valence-electron chi connectivity index (χ2n) is 30.6. The number of phosphoric acid groups is 2. The highest BCUT2D eigenvalue weighted by atomic mass is 31.2. The molecule has 17 nitrogen and oxygen atoms in total. The Bertz CT molecular complexity index is 1940. The van der Waals surface area contributed by atoms with Gasteiger partial charge >= 0.3 is 39.5 Å². The van der Waals surface area contributed by atoms with Gasteiger partial charge < -0.3 is 33.8 Å². The van der Waals surface area contributed by atoms with Crippen LogP contribution in [0.1, 0.15) is 421 Å². The van der Waals surface area contributed by atoms with Crippen LogP contribution in [0.5, 0.6) is 0 Å². The van der Waals surface area contributed by atoms with E-state index < -0.39 is 97.5 Å². The molecule has 0 bridgehead atoms. The molecule has 0 saturated heterocycles. The summed E-state index contributed by atoms with van der Waals surface area (Å²) in [4.78, 5) is 73.1. The average molecular weight is 1470 g/mol. The Kier molecular flexibility index (Phi) is 69.9. The molecule has 0 aliphatic carbocycles. The van der Waals surface area contributed by atoms with Crippen LogP contribution in [0, 0.1) is 17.8 Å². The summed E-state index contributed by atoms with van der Waals surface area (Å²) in [6, 6.07) is 0. The molecule has 0 radical (unpaired) electrons. The minimum atomic E-state index is -4.96. The van der Waals surface area contributed by atoms with E-state index in [-0.39, 0.29) is 25.7 Å². The number of ether oxygens (including phenoxy) is 4. The molecule has 2 unspecified atom stereocenters. The summed E-state index contributed by atoms with van der Waals surface area (Å²) in [5.41, 5.74) is 0. The van der Waals surface area contributed by atoms with Crippen LogP contribution in [-0.2, 0) is 65.4 Å². The second-order valence-corrected chi connectivity index (χ2v) is 33.5. The van der Waals surface area contributed by atoms with E-state index in [4.69, 9.17) is 37.0 Å². The number of phosphoric ester groups is 2. The summed E-state index contributed by atoms with van der Waals surface area (Å²) in [6.45, 7) is 12.0. The van der Waals surface area contributed by atoms with Crippen molar-refractivity contribution in [3.05, 3.63) is 0 Å². The number of carbonyl (C=O) groups excluding carboxylic acids is 4. The first-order valence-electron chi connectivity index (χ1n) is 41.8. The fraction of sp³-hybridized carbons (Fsp3) is 0.951. The largest absolute Gasteiger partial charge is 0.472 e. The minimum Gasteiger partial charge on any atom is -0.462 e. The van der Waals surface area contributed by atoms with E-state index >= 15 is 0 Å². The number of aliphatic hydroxyl groups is 1. The maximum atomic E-state index is 13.1. The highest BCUT2D eigenvalue weighted by Crippen LogP contribution is 2.45. The summed E-state index contributed by atoms with van der Waals surface area (Å²) >= 11 is 0. The van der Waals surface area contributed by atoms with E-state index in [0.29, 0.717) is 25.7 Å². The fourth-order valence-corrected chi connectivity index (χ4v) is 14.1. The fourth-order valence-electron chi connectivity index (χ4n) is 12.5. The third-order valence-corrected chi connectivity index (χ3v) is 20.8. The molecule has 0 aromatic rings. The normalized spacial score (nSPS) is 14.0. The monoisotopic (exact) mass is 1470 g/mol. The van der Waals surface area contributed by atoms with Crippen molar-refractivity contribution in [1.82, 2.24) is 0 Å². The van der Waals surface area contributed by atoms with E-state index in [0.717, 1.165) is 108 Å². The van der Waals surface area contributed by atoms with E-state index in [1.54, 1.807) is 0 Å². The third kappa shape index (κ3) is 74.3. The van der Waals surface area contributed by atoms with Crippen molar-refractivity contribution in [1.29, 1.82) is 0 Å². The SMILES string of the molecule is CCCCCCCCCCCCCC(=O)OC[C@H](COP(=O)(O)OC[C@H](O)COP(=O)(O)OC[C@@H](COC(=O)CCCCCCCCCCCCCCCCC(C)C)OC(=O)CCCCCCCCCCCCCCCCC(C)C)OC(=O)CCCCCCCCCCCCCCC(C)C. The average Bonchev–Trinajstić information content (AvgIpc) is 0.926. The van der Waals surface area contributed by atoms with Gasteiger partial charge in [0, 0.05) is 25.7 Å². The molecule has 0 rings (SSSR count).